The Kier molecular flexibility index (Phi) is 7.71. The molecule has 0 aromatic heterocycles. The molecule has 0 radical (unpaired) electrons. The molecule has 160 valence electrons. The van der Waals surface area contributed by atoms with Gasteiger partial charge in [0, 0.05) is 37.3 Å². The molecule has 3 aromatic carbocycles. The summed E-state index contributed by atoms with van der Waals surface area (Å²) in [4.78, 5) is 12.3. The lowest BCUT2D eigenvalue weighted by Crippen LogP contribution is -2.17. The lowest BCUT2D eigenvalue weighted by molar-refractivity contribution is -0.118. The number of carbonyl (C=O) groups excluding carboxylic acids is 1. The van der Waals surface area contributed by atoms with Crippen molar-refractivity contribution < 1.29 is 9.32 Å². The maximum absolute atomic E-state index is 12.3. The van der Waals surface area contributed by atoms with Gasteiger partial charge < -0.3 is 13.9 Å². The average Bonchev–Trinajstić information content (AvgIpc) is 3.24. The minimum absolute atomic E-state index is 0.301. The summed E-state index contributed by atoms with van der Waals surface area (Å²) < 4.78 is 11.2. The maximum atomic E-state index is 12.3. The Morgan fingerprint density at radius 2 is 1.26 bits per heavy atom. The van der Waals surface area contributed by atoms with Crippen molar-refractivity contribution in [2.45, 2.75) is 25.7 Å². The zero-order chi connectivity index (χ0) is 21.3. The summed E-state index contributed by atoms with van der Waals surface area (Å²) in [7, 11) is -0.915. The Morgan fingerprint density at radius 1 is 0.742 bits per heavy atom. The normalized spacial score (nSPS) is 14.2. The number of ketones is 1. The number of Topliss-reactive ketones (excluding diaryl/α,β-unsaturated/α-hetero) is 1. The predicted octanol–water partition coefficient (Wildman–Crippen LogP) is 6.24. The SMILES string of the molecule is O=C(CCCCOP1N(c2ccccc2)CCN1c1ccccc1)Cc1ccccc1. The zero-order valence-corrected chi connectivity index (χ0v) is 18.7. The number of rotatable bonds is 10. The Labute approximate surface area is 186 Å². The highest BCUT2D eigenvalue weighted by atomic mass is 31.2. The first kappa shape index (κ1) is 21.5. The Hall–Kier alpha value is -2.68. The van der Waals surface area contributed by atoms with Gasteiger partial charge in [-0.25, -0.2) is 0 Å². The summed E-state index contributed by atoms with van der Waals surface area (Å²) in [5.74, 6) is 0.301. The highest BCUT2D eigenvalue weighted by Gasteiger charge is 2.34. The minimum atomic E-state index is -0.915. The van der Waals surface area contributed by atoms with Crippen LogP contribution in [0, 0.1) is 0 Å². The molecule has 5 heteroatoms. The molecule has 4 rings (SSSR count). The van der Waals surface area contributed by atoms with Gasteiger partial charge in [-0.1, -0.05) is 66.7 Å². The van der Waals surface area contributed by atoms with Gasteiger partial charge in [0.2, 0.25) is 8.45 Å². The number of nitrogens with zero attached hydrogens (tertiary/aromatic N) is 2. The van der Waals surface area contributed by atoms with Crippen molar-refractivity contribution in [1.82, 2.24) is 0 Å². The minimum Gasteiger partial charge on any atom is -0.323 e. The van der Waals surface area contributed by atoms with E-state index in [0.29, 0.717) is 25.2 Å². The number of carbonyl (C=O) groups is 1. The molecule has 0 N–H and O–H groups in total. The van der Waals surface area contributed by atoms with Gasteiger partial charge in [0.15, 0.2) is 0 Å². The van der Waals surface area contributed by atoms with Crippen LogP contribution in [0.25, 0.3) is 0 Å². The highest BCUT2D eigenvalue weighted by Crippen LogP contribution is 2.53. The van der Waals surface area contributed by atoms with Crippen LogP contribution < -0.4 is 9.34 Å². The third-order valence-corrected chi connectivity index (χ3v) is 7.45. The van der Waals surface area contributed by atoms with Crippen molar-refractivity contribution in [1.29, 1.82) is 0 Å². The second-order valence-corrected chi connectivity index (χ2v) is 9.39. The molecule has 31 heavy (non-hydrogen) atoms. The zero-order valence-electron chi connectivity index (χ0n) is 17.8. The van der Waals surface area contributed by atoms with Crippen LogP contribution in [0.2, 0.25) is 0 Å². The number of hydrogen-bond donors (Lipinski definition) is 0. The van der Waals surface area contributed by atoms with Crippen LogP contribution in [0.15, 0.2) is 91.0 Å². The predicted molar refractivity (Wildman–Crippen MR) is 129 cm³/mol. The van der Waals surface area contributed by atoms with E-state index in [2.05, 4.69) is 57.9 Å². The fourth-order valence-corrected chi connectivity index (χ4v) is 5.78. The smallest absolute Gasteiger partial charge is 0.248 e. The molecular formula is C26H29N2O2P. The highest BCUT2D eigenvalue weighted by molar-refractivity contribution is 7.56. The van der Waals surface area contributed by atoms with Crippen LogP contribution >= 0.6 is 8.45 Å². The molecule has 0 unspecified atom stereocenters. The van der Waals surface area contributed by atoms with Gasteiger partial charge in [-0.2, -0.15) is 0 Å². The van der Waals surface area contributed by atoms with Gasteiger partial charge in [0.25, 0.3) is 0 Å². The lowest BCUT2D eigenvalue weighted by atomic mass is 10.1. The van der Waals surface area contributed by atoms with E-state index in [1.165, 1.54) is 11.4 Å². The summed E-state index contributed by atoms with van der Waals surface area (Å²) in [6.07, 6.45) is 2.90. The van der Waals surface area contributed by atoms with Crippen molar-refractivity contribution in [3.05, 3.63) is 96.6 Å². The van der Waals surface area contributed by atoms with E-state index < -0.39 is 8.45 Å². The van der Waals surface area contributed by atoms with Crippen molar-refractivity contribution in [2.24, 2.45) is 0 Å². The third-order valence-electron chi connectivity index (χ3n) is 5.35. The second kappa shape index (κ2) is 11.1. The van der Waals surface area contributed by atoms with Crippen molar-refractivity contribution in [3.8, 4) is 0 Å². The topological polar surface area (TPSA) is 32.8 Å². The van der Waals surface area contributed by atoms with Crippen molar-refractivity contribution in [2.75, 3.05) is 29.0 Å². The molecule has 0 amide bonds. The molecule has 1 saturated heterocycles. The molecule has 0 aliphatic carbocycles. The molecule has 1 aliphatic heterocycles. The van der Waals surface area contributed by atoms with Gasteiger partial charge in [-0.05, 0) is 42.7 Å². The first-order valence-corrected chi connectivity index (χ1v) is 12.1. The van der Waals surface area contributed by atoms with Crippen LogP contribution in [0.5, 0.6) is 0 Å². The lowest BCUT2D eigenvalue weighted by Gasteiger charge is -2.30. The number of unbranched alkanes of at least 4 members (excludes halogenated alkanes) is 1. The van der Waals surface area contributed by atoms with Gasteiger partial charge in [0.05, 0.1) is 6.61 Å². The van der Waals surface area contributed by atoms with Crippen LogP contribution in [0.1, 0.15) is 24.8 Å². The Balaban J connectivity index is 1.31. The van der Waals surface area contributed by atoms with Crippen LogP contribution in [0.3, 0.4) is 0 Å². The number of benzene rings is 3. The van der Waals surface area contributed by atoms with Crippen LogP contribution in [-0.2, 0) is 15.7 Å². The molecule has 1 fully saturated rings. The molecule has 0 spiro atoms. The van der Waals surface area contributed by atoms with E-state index in [9.17, 15) is 4.79 Å². The summed E-state index contributed by atoms with van der Waals surface area (Å²) in [6.45, 7) is 2.55. The van der Waals surface area contributed by atoms with Crippen molar-refractivity contribution >= 4 is 25.6 Å². The quantitative estimate of drug-likeness (QED) is 0.280. The van der Waals surface area contributed by atoms with E-state index in [1.807, 2.05) is 42.5 Å². The fraction of sp³-hybridized carbons (Fsp3) is 0.269. The number of hydrogen-bond acceptors (Lipinski definition) is 4. The maximum Gasteiger partial charge on any atom is 0.248 e. The summed E-state index contributed by atoms with van der Waals surface area (Å²) in [6, 6.07) is 31.0. The molecule has 3 aromatic rings. The van der Waals surface area contributed by atoms with E-state index >= 15 is 0 Å². The number of para-hydroxylation sites is 2. The van der Waals surface area contributed by atoms with E-state index in [-0.39, 0.29) is 0 Å². The largest absolute Gasteiger partial charge is 0.323 e. The van der Waals surface area contributed by atoms with Gasteiger partial charge in [-0.15, -0.1) is 0 Å². The Morgan fingerprint density at radius 3 is 1.81 bits per heavy atom. The monoisotopic (exact) mass is 432 g/mol. The van der Waals surface area contributed by atoms with Gasteiger partial charge in [-0.3, -0.25) is 4.79 Å². The molecule has 4 nitrogen and oxygen atoms in total. The van der Waals surface area contributed by atoms with Crippen LogP contribution in [0.4, 0.5) is 11.4 Å². The van der Waals surface area contributed by atoms with Crippen LogP contribution in [-0.4, -0.2) is 25.5 Å². The fourth-order valence-electron chi connectivity index (χ4n) is 3.77. The average molecular weight is 433 g/mol. The molecule has 1 heterocycles. The number of anilines is 2. The van der Waals surface area contributed by atoms with Gasteiger partial charge >= 0.3 is 0 Å². The molecule has 0 bridgehead atoms. The third kappa shape index (κ3) is 5.94. The van der Waals surface area contributed by atoms with Crippen molar-refractivity contribution in [3.63, 3.8) is 0 Å². The molecule has 0 saturated carbocycles. The summed E-state index contributed by atoms with van der Waals surface area (Å²) in [5.41, 5.74) is 3.49. The van der Waals surface area contributed by atoms with Gasteiger partial charge in [0.1, 0.15) is 5.78 Å². The molecule has 0 atom stereocenters. The molecular weight excluding hydrogens is 403 g/mol. The molecule has 1 aliphatic rings. The Bertz CT molecular complexity index is 890. The standard InChI is InChI=1S/C26H29N2O2P/c29-26(22-23-12-4-1-5-13-23)18-10-11-21-30-31-27(24-14-6-2-7-15-24)19-20-28(31)25-16-8-3-9-17-25/h1-9,12-17H,10-11,18-22H2. The first-order chi connectivity index (χ1) is 15.3. The van der Waals surface area contributed by atoms with E-state index in [1.54, 1.807) is 0 Å². The first-order valence-electron chi connectivity index (χ1n) is 10.9. The summed E-state index contributed by atoms with van der Waals surface area (Å²) in [5, 5.41) is 0. The van der Waals surface area contributed by atoms with E-state index in [4.69, 9.17) is 4.52 Å². The summed E-state index contributed by atoms with van der Waals surface area (Å²) >= 11 is 0. The van der Waals surface area contributed by atoms with E-state index in [0.717, 1.165) is 31.5 Å². The second-order valence-electron chi connectivity index (χ2n) is 7.66.